The first-order valence-electron chi connectivity index (χ1n) is 10.9. The van der Waals surface area contributed by atoms with Crippen LogP contribution in [-0.4, -0.2) is 33.1 Å². The molecule has 1 fully saturated rings. The molecule has 3 aromatic rings. The standard InChI is InChI=1S/C26H22F3N3O3S/c1-15-7-4-5-10-21(15)30-23(33)14-31-24(34)22(36-25(31)35)12-18-11-16(2)32(17(18)3)20-9-6-8-19(13-20)26(27,28)29/h4-13H,14H2,1-3H3,(H,30,33)/b22-12-. The monoisotopic (exact) mass is 513 g/mol. The van der Waals surface area contributed by atoms with Crippen molar-refractivity contribution < 1.29 is 27.6 Å². The number of thioether (sulfide) groups is 1. The van der Waals surface area contributed by atoms with Gasteiger partial charge in [0.1, 0.15) is 6.54 Å². The molecule has 6 nitrogen and oxygen atoms in total. The van der Waals surface area contributed by atoms with E-state index in [0.29, 0.717) is 40.1 Å². The van der Waals surface area contributed by atoms with Crippen LogP contribution in [0.5, 0.6) is 0 Å². The molecule has 0 aliphatic carbocycles. The van der Waals surface area contributed by atoms with Crippen molar-refractivity contribution in [1.82, 2.24) is 9.47 Å². The summed E-state index contributed by atoms with van der Waals surface area (Å²) in [6.07, 6.45) is -2.95. The zero-order valence-electron chi connectivity index (χ0n) is 19.6. The summed E-state index contributed by atoms with van der Waals surface area (Å²) in [5, 5.41) is 2.13. The third kappa shape index (κ3) is 5.08. The highest BCUT2D eigenvalue weighted by Crippen LogP contribution is 2.35. The van der Waals surface area contributed by atoms with Gasteiger partial charge in [-0.2, -0.15) is 13.2 Å². The molecule has 36 heavy (non-hydrogen) atoms. The van der Waals surface area contributed by atoms with E-state index in [9.17, 15) is 27.6 Å². The predicted octanol–water partition coefficient (Wildman–Crippen LogP) is 6.10. The maximum atomic E-state index is 13.2. The Hall–Kier alpha value is -3.79. The quantitative estimate of drug-likeness (QED) is 0.419. The summed E-state index contributed by atoms with van der Waals surface area (Å²) in [5.74, 6) is -1.11. The molecule has 1 aliphatic rings. The van der Waals surface area contributed by atoms with Gasteiger partial charge in [-0.1, -0.05) is 24.3 Å². The van der Waals surface area contributed by atoms with Crippen molar-refractivity contribution >= 4 is 40.6 Å². The van der Waals surface area contributed by atoms with Gasteiger partial charge in [-0.15, -0.1) is 0 Å². The van der Waals surface area contributed by atoms with Gasteiger partial charge in [-0.05, 0) is 80.1 Å². The second-order valence-electron chi connectivity index (χ2n) is 8.34. The number of aromatic nitrogens is 1. The molecule has 1 aliphatic heterocycles. The molecule has 0 bridgehead atoms. The van der Waals surface area contributed by atoms with E-state index >= 15 is 0 Å². The van der Waals surface area contributed by atoms with Crippen LogP contribution in [0.15, 0.2) is 59.5 Å². The minimum Gasteiger partial charge on any atom is -0.324 e. The van der Waals surface area contributed by atoms with Gasteiger partial charge >= 0.3 is 6.18 Å². The van der Waals surface area contributed by atoms with Crippen molar-refractivity contribution in [2.45, 2.75) is 26.9 Å². The number of aryl methyl sites for hydroxylation is 2. The summed E-state index contributed by atoms with van der Waals surface area (Å²) >= 11 is 0.714. The van der Waals surface area contributed by atoms with E-state index in [4.69, 9.17) is 0 Å². The SMILES string of the molecule is Cc1ccccc1NC(=O)CN1C(=O)S/C(=C\c2cc(C)n(-c3cccc(C(F)(F)F)c3)c2C)C1=O. The highest BCUT2D eigenvalue weighted by Gasteiger charge is 2.36. The number of para-hydroxylation sites is 1. The summed E-state index contributed by atoms with van der Waals surface area (Å²) in [6.45, 7) is 4.86. The van der Waals surface area contributed by atoms with Crippen LogP contribution in [0.25, 0.3) is 11.8 Å². The van der Waals surface area contributed by atoms with Crippen molar-refractivity contribution in [2.75, 3.05) is 11.9 Å². The minimum absolute atomic E-state index is 0.132. The number of hydrogen-bond acceptors (Lipinski definition) is 4. The Labute approximate surface area is 209 Å². The fourth-order valence-corrected chi connectivity index (χ4v) is 4.81. The average Bonchev–Trinajstić information content (AvgIpc) is 3.24. The van der Waals surface area contributed by atoms with E-state index in [1.165, 1.54) is 12.1 Å². The molecule has 10 heteroatoms. The lowest BCUT2D eigenvalue weighted by molar-refractivity contribution is -0.137. The highest BCUT2D eigenvalue weighted by molar-refractivity contribution is 8.18. The fraction of sp³-hybridized carbons (Fsp3) is 0.192. The maximum Gasteiger partial charge on any atom is 0.416 e. The van der Waals surface area contributed by atoms with Crippen molar-refractivity contribution in [2.24, 2.45) is 0 Å². The molecule has 1 aromatic heterocycles. The van der Waals surface area contributed by atoms with Crippen LogP contribution in [0.1, 0.15) is 28.1 Å². The molecule has 0 saturated carbocycles. The maximum absolute atomic E-state index is 13.2. The number of halogens is 3. The van der Waals surface area contributed by atoms with E-state index in [-0.39, 0.29) is 4.91 Å². The number of rotatable bonds is 5. The van der Waals surface area contributed by atoms with Crippen LogP contribution in [-0.2, 0) is 15.8 Å². The van der Waals surface area contributed by atoms with Gasteiger partial charge in [0.2, 0.25) is 5.91 Å². The summed E-state index contributed by atoms with van der Waals surface area (Å²) in [5.41, 5.74) is 2.85. The van der Waals surface area contributed by atoms with Gasteiger partial charge < -0.3 is 9.88 Å². The first-order valence-corrected chi connectivity index (χ1v) is 11.7. The summed E-state index contributed by atoms with van der Waals surface area (Å²) in [6, 6.07) is 13.8. The van der Waals surface area contributed by atoms with Crippen molar-refractivity contribution in [1.29, 1.82) is 0 Å². The Bertz CT molecular complexity index is 1410. The third-order valence-electron chi connectivity index (χ3n) is 5.78. The van der Waals surface area contributed by atoms with Crippen molar-refractivity contribution in [3.63, 3.8) is 0 Å². The van der Waals surface area contributed by atoms with Crippen LogP contribution >= 0.6 is 11.8 Å². The fourth-order valence-electron chi connectivity index (χ4n) is 3.98. The molecule has 3 amide bonds. The number of nitrogens with zero attached hydrogens (tertiary/aromatic N) is 2. The Kier molecular flexibility index (Phi) is 6.81. The van der Waals surface area contributed by atoms with E-state index in [1.54, 1.807) is 42.7 Å². The zero-order valence-corrected chi connectivity index (χ0v) is 20.5. The number of imide groups is 1. The number of anilines is 1. The first-order chi connectivity index (χ1) is 17.0. The number of carbonyl (C=O) groups excluding carboxylic acids is 3. The molecule has 4 rings (SSSR count). The van der Waals surface area contributed by atoms with Gasteiger partial charge in [0.15, 0.2) is 0 Å². The Morgan fingerprint density at radius 2 is 1.75 bits per heavy atom. The molecule has 2 heterocycles. The number of carbonyl (C=O) groups is 3. The topological polar surface area (TPSA) is 71.4 Å². The second-order valence-corrected chi connectivity index (χ2v) is 9.33. The van der Waals surface area contributed by atoms with Crippen molar-refractivity contribution in [3.05, 3.63) is 87.6 Å². The van der Waals surface area contributed by atoms with E-state index in [1.807, 2.05) is 19.1 Å². The third-order valence-corrected chi connectivity index (χ3v) is 6.69. The number of hydrogen-bond donors (Lipinski definition) is 1. The van der Waals surface area contributed by atoms with Crippen LogP contribution in [0.4, 0.5) is 23.7 Å². The van der Waals surface area contributed by atoms with Crippen LogP contribution in [0.3, 0.4) is 0 Å². The minimum atomic E-state index is -4.47. The summed E-state index contributed by atoms with van der Waals surface area (Å²) in [7, 11) is 0. The molecule has 186 valence electrons. The van der Waals surface area contributed by atoms with E-state index < -0.39 is 35.3 Å². The van der Waals surface area contributed by atoms with Crippen LogP contribution < -0.4 is 5.32 Å². The van der Waals surface area contributed by atoms with Gasteiger partial charge in [-0.3, -0.25) is 19.3 Å². The lowest BCUT2D eigenvalue weighted by Gasteiger charge is -2.13. The molecule has 1 saturated heterocycles. The van der Waals surface area contributed by atoms with E-state index in [0.717, 1.165) is 22.6 Å². The first kappa shape index (κ1) is 25.3. The highest BCUT2D eigenvalue weighted by atomic mass is 32.2. The van der Waals surface area contributed by atoms with Crippen LogP contribution in [0, 0.1) is 20.8 Å². The predicted molar refractivity (Wildman–Crippen MR) is 133 cm³/mol. The van der Waals surface area contributed by atoms with Crippen molar-refractivity contribution in [3.8, 4) is 5.69 Å². The summed E-state index contributed by atoms with van der Waals surface area (Å²) < 4.78 is 41.2. The van der Waals surface area contributed by atoms with Crippen LogP contribution in [0.2, 0.25) is 0 Å². The normalized spacial score (nSPS) is 15.2. The molecule has 2 aromatic carbocycles. The summed E-state index contributed by atoms with van der Waals surface area (Å²) in [4.78, 5) is 38.9. The molecular weight excluding hydrogens is 491 g/mol. The Morgan fingerprint density at radius 3 is 2.44 bits per heavy atom. The van der Waals surface area contributed by atoms with Gasteiger partial charge in [0, 0.05) is 22.8 Å². The molecular formula is C26H22F3N3O3S. The number of alkyl halides is 3. The number of nitrogens with one attached hydrogen (secondary N) is 1. The second kappa shape index (κ2) is 9.69. The Balaban J connectivity index is 1.56. The van der Waals surface area contributed by atoms with Gasteiger partial charge in [0.05, 0.1) is 10.5 Å². The Morgan fingerprint density at radius 1 is 1.03 bits per heavy atom. The largest absolute Gasteiger partial charge is 0.416 e. The molecule has 0 atom stereocenters. The molecule has 0 radical (unpaired) electrons. The smallest absolute Gasteiger partial charge is 0.324 e. The molecule has 0 unspecified atom stereocenters. The molecule has 1 N–H and O–H groups in total. The zero-order chi connectivity index (χ0) is 26.2. The van der Waals surface area contributed by atoms with Gasteiger partial charge in [0.25, 0.3) is 11.1 Å². The number of amides is 3. The van der Waals surface area contributed by atoms with E-state index in [2.05, 4.69) is 5.32 Å². The number of benzene rings is 2. The average molecular weight is 514 g/mol. The lowest BCUT2D eigenvalue weighted by atomic mass is 10.2. The molecule has 0 spiro atoms. The van der Waals surface area contributed by atoms with Gasteiger partial charge in [-0.25, -0.2) is 0 Å². The lowest BCUT2D eigenvalue weighted by Crippen LogP contribution is -2.36.